The van der Waals surface area contributed by atoms with E-state index in [2.05, 4.69) is 4.98 Å². The Labute approximate surface area is 134 Å². The predicted molar refractivity (Wildman–Crippen MR) is 85.4 cm³/mol. The molecule has 0 amide bonds. The smallest absolute Gasteiger partial charge is 0.327 e. The lowest BCUT2D eigenvalue weighted by molar-refractivity contribution is -0.137. The fraction of sp³-hybridized carbons (Fsp3) is 0.118. The van der Waals surface area contributed by atoms with Crippen molar-refractivity contribution >= 4 is 34.2 Å². The van der Waals surface area contributed by atoms with Gasteiger partial charge in [0.1, 0.15) is 5.82 Å². The Morgan fingerprint density at radius 1 is 1.00 bits per heavy atom. The fourth-order valence-corrected chi connectivity index (χ4v) is 3.88. The van der Waals surface area contributed by atoms with Crippen LogP contribution >= 0.6 is 11.8 Å². The molecule has 0 unspecified atom stereocenters. The zero-order chi connectivity index (χ0) is 16.2. The highest BCUT2D eigenvalue weighted by Crippen LogP contribution is 2.48. The summed E-state index contributed by atoms with van der Waals surface area (Å²) in [4.78, 5) is 7.94. The Hall–Kier alpha value is -2.21. The van der Waals surface area contributed by atoms with Crippen molar-refractivity contribution in [2.45, 2.75) is 16.0 Å². The highest BCUT2D eigenvalue weighted by Gasteiger charge is 2.32. The highest BCUT2D eigenvalue weighted by atomic mass is 32.2. The van der Waals surface area contributed by atoms with Gasteiger partial charge >= 0.3 is 6.18 Å². The average Bonchev–Trinajstić information content (AvgIpc) is 2.52. The van der Waals surface area contributed by atoms with Crippen molar-refractivity contribution in [2.24, 2.45) is 0 Å². The first-order valence-electron chi connectivity index (χ1n) is 6.96. The molecule has 0 saturated carbocycles. The summed E-state index contributed by atoms with van der Waals surface area (Å²) < 4.78 is 38.8. The van der Waals surface area contributed by atoms with Gasteiger partial charge in [-0.05, 0) is 30.3 Å². The van der Waals surface area contributed by atoms with E-state index < -0.39 is 11.7 Å². The number of pyridine rings is 1. The molecule has 0 radical (unpaired) electrons. The van der Waals surface area contributed by atoms with Crippen molar-refractivity contribution in [3.8, 4) is 0 Å². The van der Waals surface area contributed by atoms with Crippen LogP contribution in [-0.2, 0) is 6.18 Å². The molecule has 0 N–H and O–H groups in total. The number of nitrogens with zero attached hydrogens (tertiary/aromatic N) is 2. The summed E-state index contributed by atoms with van der Waals surface area (Å²) in [6.45, 7) is 0. The van der Waals surface area contributed by atoms with E-state index in [9.17, 15) is 13.2 Å². The van der Waals surface area contributed by atoms with Crippen LogP contribution in [0.2, 0.25) is 0 Å². The first kappa shape index (κ1) is 14.4. The average molecular weight is 332 g/mol. The lowest BCUT2D eigenvalue weighted by Crippen LogP contribution is -2.17. The summed E-state index contributed by atoms with van der Waals surface area (Å²) in [6, 6.07) is 13.5. The van der Waals surface area contributed by atoms with Gasteiger partial charge in [-0.15, -0.1) is 0 Å². The molecule has 0 saturated heterocycles. The second kappa shape index (κ2) is 4.89. The van der Waals surface area contributed by atoms with Gasteiger partial charge in [-0.3, -0.25) is 0 Å². The minimum absolute atomic E-state index is 0.590. The number of hydrogen-bond acceptors (Lipinski definition) is 3. The van der Waals surface area contributed by atoms with E-state index in [4.69, 9.17) is 0 Å². The molecule has 1 aromatic heterocycles. The summed E-state index contributed by atoms with van der Waals surface area (Å²) in [5, 5.41) is 0.975. The standard InChI is InChI=1S/C17H11F3N2S/c1-22-13-7-6-11(17(18,19)20)9-14(13)23-15-8-10-4-2-3-5-12(10)21-16(15)22/h2-9H,1H3. The van der Waals surface area contributed by atoms with E-state index in [-0.39, 0.29) is 0 Å². The topological polar surface area (TPSA) is 16.1 Å². The molecule has 4 rings (SSSR count). The van der Waals surface area contributed by atoms with Crippen LogP contribution in [0.15, 0.2) is 58.3 Å². The Kier molecular flexibility index (Phi) is 3.06. The molecule has 0 atom stereocenters. The monoisotopic (exact) mass is 332 g/mol. The minimum atomic E-state index is -4.34. The predicted octanol–water partition coefficient (Wildman–Crippen LogP) is 5.49. The van der Waals surface area contributed by atoms with Crippen molar-refractivity contribution < 1.29 is 13.2 Å². The number of benzene rings is 2. The number of aromatic nitrogens is 1. The van der Waals surface area contributed by atoms with Crippen molar-refractivity contribution in [2.75, 3.05) is 11.9 Å². The van der Waals surface area contributed by atoms with Crippen molar-refractivity contribution in [3.63, 3.8) is 0 Å². The molecule has 6 heteroatoms. The van der Waals surface area contributed by atoms with Gasteiger partial charge < -0.3 is 4.90 Å². The fourth-order valence-electron chi connectivity index (χ4n) is 2.68. The summed E-state index contributed by atoms with van der Waals surface area (Å²) in [5.41, 5.74) is 0.974. The maximum Gasteiger partial charge on any atom is 0.416 e. The lowest BCUT2D eigenvalue weighted by Gasteiger charge is -2.29. The molecule has 2 aromatic carbocycles. The molecule has 3 aromatic rings. The molecular weight excluding hydrogens is 321 g/mol. The van der Waals surface area contributed by atoms with Gasteiger partial charge in [0.2, 0.25) is 0 Å². The quantitative estimate of drug-likeness (QED) is 0.542. The number of halogens is 3. The molecule has 0 fully saturated rings. The first-order valence-corrected chi connectivity index (χ1v) is 7.78. The number of hydrogen-bond donors (Lipinski definition) is 0. The van der Waals surface area contributed by atoms with Crippen LogP contribution in [0.5, 0.6) is 0 Å². The molecule has 0 aliphatic carbocycles. The van der Waals surface area contributed by atoms with Gasteiger partial charge in [0, 0.05) is 17.3 Å². The summed E-state index contributed by atoms with van der Waals surface area (Å²) in [7, 11) is 1.83. The molecule has 1 aliphatic heterocycles. The Bertz CT molecular complexity index is 921. The number of rotatable bonds is 0. The van der Waals surface area contributed by atoms with Crippen LogP contribution < -0.4 is 4.90 Å². The Morgan fingerprint density at radius 2 is 1.78 bits per heavy atom. The maximum atomic E-state index is 12.9. The van der Waals surface area contributed by atoms with E-state index in [0.29, 0.717) is 4.90 Å². The Balaban J connectivity index is 1.87. The normalized spacial score (nSPS) is 13.8. The lowest BCUT2D eigenvalue weighted by atomic mass is 10.1. The van der Waals surface area contributed by atoms with Crippen LogP contribution in [0.3, 0.4) is 0 Å². The van der Waals surface area contributed by atoms with Gasteiger partial charge in [0.25, 0.3) is 0 Å². The Morgan fingerprint density at radius 3 is 2.57 bits per heavy atom. The molecule has 2 heterocycles. The van der Waals surface area contributed by atoms with Crippen molar-refractivity contribution in [1.82, 2.24) is 4.98 Å². The van der Waals surface area contributed by atoms with Crippen LogP contribution in [-0.4, -0.2) is 12.0 Å². The number of anilines is 2. The SMILES string of the molecule is CN1c2ccc(C(F)(F)F)cc2Sc2cc3ccccc3nc21. The maximum absolute atomic E-state index is 12.9. The third kappa shape index (κ3) is 2.34. The summed E-state index contributed by atoms with van der Waals surface area (Å²) in [5.74, 6) is 0.765. The molecular formula is C17H11F3N2S. The first-order chi connectivity index (χ1) is 10.9. The van der Waals surface area contributed by atoms with Crippen LogP contribution in [0.1, 0.15) is 5.56 Å². The van der Waals surface area contributed by atoms with Gasteiger partial charge in [-0.1, -0.05) is 30.0 Å². The molecule has 116 valence electrons. The van der Waals surface area contributed by atoms with Crippen molar-refractivity contribution in [3.05, 3.63) is 54.1 Å². The third-order valence-electron chi connectivity index (χ3n) is 3.86. The zero-order valence-corrected chi connectivity index (χ0v) is 12.9. The third-order valence-corrected chi connectivity index (χ3v) is 4.92. The van der Waals surface area contributed by atoms with Gasteiger partial charge in [0.05, 0.1) is 21.7 Å². The van der Waals surface area contributed by atoms with Crippen LogP contribution in [0.4, 0.5) is 24.7 Å². The van der Waals surface area contributed by atoms with Crippen molar-refractivity contribution in [1.29, 1.82) is 0 Å². The van der Waals surface area contributed by atoms with Crippen LogP contribution in [0.25, 0.3) is 10.9 Å². The second-order valence-electron chi connectivity index (χ2n) is 5.34. The summed E-state index contributed by atoms with van der Waals surface area (Å²) >= 11 is 1.33. The van der Waals surface area contributed by atoms with E-state index in [1.54, 1.807) is 0 Å². The van der Waals surface area contributed by atoms with Gasteiger partial charge in [0.15, 0.2) is 0 Å². The van der Waals surface area contributed by atoms with Gasteiger partial charge in [-0.2, -0.15) is 13.2 Å². The number of fused-ring (bicyclic) bond motifs is 3. The van der Waals surface area contributed by atoms with E-state index in [1.807, 2.05) is 42.3 Å². The summed E-state index contributed by atoms with van der Waals surface area (Å²) in [6.07, 6.45) is -4.34. The van der Waals surface area contributed by atoms with Crippen LogP contribution in [0, 0.1) is 0 Å². The molecule has 0 bridgehead atoms. The molecule has 2 nitrogen and oxygen atoms in total. The zero-order valence-electron chi connectivity index (χ0n) is 12.1. The van der Waals surface area contributed by atoms with E-state index in [1.165, 1.54) is 23.9 Å². The largest absolute Gasteiger partial charge is 0.416 e. The molecule has 0 spiro atoms. The number of alkyl halides is 3. The second-order valence-corrected chi connectivity index (χ2v) is 6.43. The molecule has 1 aliphatic rings. The minimum Gasteiger partial charge on any atom is -0.327 e. The highest BCUT2D eigenvalue weighted by molar-refractivity contribution is 7.99. The van der Waals surface area contributed by atoms with E-state index in [0.717, 1.165) is 33.4 Å². The number of para-hydroxylation sites is 1. The van der Waals surface area contributed by atoms with E-state index >= 15 is 0 Å². The molecule has 23 heavy (non-hydrogen) atoms. The van der Waals surface area contributed by atoms with Gasteiger partial charge in [-0.25, -0.2) is 4.98 Å².